The van der Waals surface area contributed by atoms with Crippen molar-refractivity contribution < 1.29 is 17.2 Å². The maximum atomic E-state index is 14.6. The van der Waals surface area contributed by atoms with Gasteiger partial charge >= 0.3 is 0 Å². The van der Waals surface area contributed by atoms with Gasteiger partial charge in [0, 0.05) is 34.8 Å². The van der Waals surface area contributed by atoms with E-state index in [-0.39, 0.29) is 5.56 Å². The van der Waals surface area contributed by atoms with E-state index in [2.05, 4.69) is 4.98 Å². The number of halogens is 3. The van der Waals surface area contributed by atoms with Crippen molar-refractivity contribution in [2.75, 3.05) is 6.26 Å². The van der Waals surface area contributed by atoms with Crippen molar-refractivity contribution in [3.63, 3.8) is 0 Å². The average molecular weight is 394 g/mol. The van der Waals surface area contributed by atoms with E-state index < -0.39 is 26.4 Å². The van der Waals surface area contributed by atoms with Gasteiger partial charge in [-0.2, -0.15) is 0 Å². The molecule has 134 valence electrons. The van der Waals surface area contributed by atoms with Gasteiger partial charge in [-0.15, -0.1) is 0 Å². The molecule has 3 aromatic rings. The van der Waals surface area contributed by atoms with Crippen LogP contribution in [-0.4, -0.2) is 19.7 Å². The summed E-state index contributed by atoms with van der Waals surface area (Å²) < 4.78 is 52.0. The predicted octanol–water partition coefficient (Wildman–Crippen LogP) is 5.06. The molecule has 1 heterocycles. The van der Waals surface area contributed by atoms with E-state index in [4.69, 9.17) is 11.6 Å². The third-order valence-corrected chi connectivity index (χ3v) is 5.53. The number of sulfone groups is 1. The van der Waals surface area contributed by atoms with Crippen LogP contribution < -0.4 is 0 Å². The smallest absolute Gasteiger partial charge is 0.178 e. The second-order valence-electron chi connectivity index (χ2n) is 5.92. The van der Waals surface area contributed by atoms with Gasteiger partial charge in [-0.05, 0) is 47.9 Å². The van der Waals surface area contributed by atoms with Crippen LogP contribution >= 0.6 is 11.6 Å². The van der Waals surface area contributed by atoms with Crippen LogP contribution in [0, 0.1) is 18.6 Å². The minimum atomic E-state index is -3.88. The molecule has 0 unspecified atom stereocenters. The zero-order chi connectivity index (χ0) is 19.1. The lowest BCUT2D eigenvalue weighted by Gasteiger charge is -2.12. The number of nitrogens with zero attached hydrogens (tertiary/aromatic N) is 1. The van der Waals surface area contributed by atoms with Crippen molar-refractivity contribution in [3.8, 4) is 22.3 Å². The minimum Gasteiger partial charge on any atom is -0.264 e. The topological polar surface area (TPSA) is 47.0 Å². The Morgan fingerprint density at radius 1 is 0.962 bits per heavy atom. The fourth-order valence-electron chi connectivity index (χ4n) is 2.64. The second kappa shape index (κ2) is 6.78. The van der Waals surface area contributed by atoms with Crippen molar-refractivity contribution in [3.05, 3.63) is 71.0 Å². The van der Waals surface area contributed by atoms with E-state index >= 15 is 0 Å². The summed E-state index contributed by atoms with van der Waals surface area (Å²) in [6.07, 6.45) is 3.77. The number of hydrogen-bond acceptors (Lipinski definition) is 3. The first-order valence-electron chi connectivity index (χ1n) is 7.58. The molecule has 3 rings (SSSR count). The molecule has 26 heavy (non-hydrogen) atoms. The Morgan fingerprint density at radius 2 is 1.69 bits per heavy atom. The van der Waals surface area contributed by atoms with E-state index in [1.165, 1.54) is 12.4 Å². The second-order valence-corrected chi connectivity index (χ2v) is 8.31. The highest BCUT2D eigenvalue weighted by Crippen LogP contribution is 2.36. The third kappa shape index (κ3) is 3.48. The van der Waals surface area contributed by atoms with E-state index in [1.807, 2.05) is 19.1 Å². The van der Waals surface area contributed by atoms with Crippen LogP contribution in [0.2, 0.25) is 5.02 Å². The largest absolute Gasteiger partial charge is 0.264 e. The van der Waals surface area contributed by atoms with E-state index in [0.29, 0.717) is 27.8 Å². The lowest BCUT2D eigenvalue weighted by Crippen LogP contribution is -2.03. The van der Waals surface area contributed by atoms with Crippen molar-refractivity contribution in [1.29, 1.82) is 0 Å². The van der Waals surface area contributed by atoms with Gasteiger partial charge in [0.15, 0.2) is 9.84 Å². The number of rotatable bonds is 3. The monoisotopic (exact) mass is 393 g/mol. The van der Waals surface area contributed by atoms with Gasteiger partial charge < -0.3 is 0 Å². The van der Waals surface area contributed by atoms with Gasteiger partial charge in [0.1, 0.15) is 16.5 Å². The van der Waals surface area contributed by atoms with Crippen LogP contribution in [0.1, 0.15) is 5.56 Å². The Morgan fingerprint density at radius 3 is 2.35 bits per heavy atom. The van der Waals surface area contributed by atoms with E-state index in [0.717, 1.165) is 17.9 Å². The number of hydrogen-bond donors (Lipinski definition) is 0. The molecule has 0 bridgehead atoms. The molecule has 3 nitrogen and oxygen atoms in total. The Hall–Kier alpha value is -2.31. The molecule has 0 aliphatic heterocycles. The fraction of sp³-hybridized carbons (Fsp3) is 0.105. The summed E-state index contributed by atoms with van der Waals surface area (Å²) in [5.41, 5.74) is 2.47. The number of aryl methyl sites for hydroxylation is 1. The summed E-state index contributed by atoms with van der Waals surface area (Å²) in [5, 5.41) is 0.546. The molecule has 0 amide bonds. The third-order valence-electron chi connectivity index (χ3n) is 4.02. The molecule has 0 radical (unpaired) electrons. The van der Waals surface area contributed by atoms with Gasteiger partial charge in [-0.1, -0.05) is 23.7 Å². The Bertz CT molecular complexity index is 1110. The fourth-order valence-corrected chi connectivity index (χ4v) is 3.55. The number of benzene rings is 2. The highest BCUT2D eigenvalue weighted by molar-refractivity contribution is 7.90. The average Bonchev–Trinajstić information content (AvgIpc) is 2.58. The molecule has 0 fully saturated rings. The molecule has 0 saturated heterocycles. The van der Waals surface area contributed by atoms with Crippen LogP contribution in [-0.2, 0) is 9.84 Å². The molecule has 2 aromatic carbocycles. The van der Waals surface area contributed by atoms with Crippen LogP contribution in [0.15, 0.2) is 53.7 Å². The summed E-state index contributed by atoms with van der Waals surface area (Å²) >= 11 is 6.17. The SMILES string of the molecule is Cc1ccc(-c2ccncc2-c2cc(F)c(S(C)(=O)=O)cc2F)cc1Cl. The zero-order valence-electron chi connectivity index (χ0n) is 13.9. The maximum Gasteiger partial charge on any atom is 0.178 e. The molecule has 0 aliphatic rings. The summed E-state index contributed by atoms with van der Waals surface area (Å²) in [7, 11) is -3.88. The van der Waals surface area contributed by atoms with E-state index in [1.54, 1.807) is 12.1 Å². The van der Waals surface area contributed by atoms with Crippen LogP contribution in [0.25, 0.3) is 22.3 Å². The first-order valence-corrected chi connectivity index (χ1v) is 9.85. The zero-order valence-corrected chi connectivity index (χ0v) is 15.5. The molecule has 1 aromatic heterocycles. The van der Waals surface area contributed by atoms with E-state index in [9.17, 15) is 17.2 Å². The van der Waals surface area contributed by atoms with Crippen LogP contribution in [0.5, 0.6) is 0 Å². The van der Waals surface area contributed by atoms with Crippen molar-refractivity contribution in [2.24, 2.45) is 0 Å². The van der Waals surface area contributed by atoms with Gasteiger partial charge in [0.2, 0.25) is 0 Å². The molecule has 0 atom stereocenters. The number of aromatic nitrogens is 1. The first-order chi connectivity index (χ1) is 12.2. The lowest BCUT2D eigenvalue weighted by molar-refractivity contribution is 0.557. The van der Waals surface area contributed by atoms with Crippen molar-refractivity contribution >= 4 is 21.4 Å². The van der Waals surface area contributed by atoms with Gasteiger partial charge in [0.05, 0.1) is 0 Å². The molecule has 0 saturated carbocycles. The predicted molar refractivity (Wildman–Crippen MR) is 97.9 cm³/mol. The molecular weight excluding hydrogens is 380 g/mol. The maximum absolute atomic E-state index is 14.6. The summed E-state index contributed by atoms with van der Waals surface area (Å²) in [4.78, 5) is 3.31. The summed E-state index contributed by atoms with van der Waals surface area (Å²) in [6.45, 7) is 1.86. The van der Waals surface area contributed by atoms with Crippen LogP contribution in [0.4, 0.5) is 8.78 Å². The quantitative estimate of drug-likeness (QED) is 0.625. The Labute approximate surface area is 155 Å². The molecular formula is C19H14ClF2NO2S. The highest BCUT2D eigenvalue weighted by atomic mass is 35.5. The van der Waals surface area contributed by atoms with Gasteiger partial charge in [-0.3, -0.25) is 4.98 Å². The minimum absolute atomic E-state index is 0.0744. The highest BCUT2D eigenvalue weighted by Gasteiger charge is 2.20. The standard InChI is InChI=1S/C19H14ClF2NO2S/c1-11-3-4-12(7-16(11)20)13-5-6-23-10-15(13)14-8-18(22)19(9-17(14)21)26(2,24)25/h3-10H,1-2H3. The first kappa shape index (κ1) is 18.5. The molecule has 7 heteroatoms. The Kier molecular flexibility index (Phi) is 4.82. The lowest BCUT2D eigenvalue weighted by atomic mass is 9.95. The Balaban J connectivity index is 2.23. The molecule has 0 aliphatic carbocycles. The van der Waals surface area contributed by atoms with Gasteiger partial charge in [0.25, 0.3) is 0 Å². The summed E-state index contributed by atoms with van der Waals surface area (Å²) in [5.74, 6) is -1.86. The van der Waals surface area contributed by atoms with Gasteiger partial charge in [-0.25, -0.2) is 17.2 Å². The number of pyridine rings is 1. The normalized spacial score (nSPS) is 11.6. The van der Waals surface area contributed by atoms with Crippen LogP contribution in [0.3, 0.4) is 0 Å². The molecule has 0 N–H and O–H groups in total. The molecule has 0 spiro atoms. The van der Waals surface area contributed by atoms with Crippen molar-refractivity contribution in [2.45, 2.75) is 11.8 Å². The summed E-state index contributed by atoms with van der Waals surface area (Å²) in [6, 6.07) is 8.61. The van der Waals surface area contributed by atoms with Crippen molar-refractivity contribution in [1.82, 2.24) is 4.98 Å².